The van der Waals surface area contributed by atoms with E-state index in [0.717, 1.165) is 29.1 Å². The second kappa shape index (κ2) is 9.44. The number of hydrogen-bond donors (Lipinski definition) is 1. The van der Waals surface area contributed by atoms with E-state index in [2.05, 4.69) is 32.0 Å². The van der Waals surface area contributed by atoms with Crippen LogP contribution in [0.4, 0.5) is 11.6 Å². The maximum absolute atomic E-state index is 12.7. The lowest BCUT2D eigenvalue weighted by atomic mass is 10.1. The molecule has 1 aromatic carbocycles. The number of thiazole rings is 1. The molecule has 2 N–H and O–H groups in total. The van der Waals surface area contributed by atoms with Gasteiger partial charge in [0.15, 0.2) is 0 Å². The fraction of sp³-hybridized carbons (Fsp3) is 0.417. The summed E-state index contributed by atoms with van der Waals surface area (Å²) in [6, 6.07) is 8.44. The SMILES string of the molecule is CCCOc1nc(N)c2c(n1)N(Cc1ccc(-c3ncc(CN4CCCC4)s3)cc1)C(=O)C2. The van der Waals surface area contributed by atoms with Gasteiger partial charge in [-0.15, -0.1) is 11.3 Å². The van der Waals surface area contributed by atoms with Crippen molar-refractivity contribution in [1.29, 1.82) is 0 Å². The van der Waals surface area contributed by atoms with Crippen LogP contribution >= 0.6 is 11.3 Å². The number of fused-ring (bicyclic) bond motifs is 1. The summed E-state index contributed by atoms with van der Waals surface area (Å²) < 4.78 is 5.55. The van der Waals surface area contributed by atoms with Crippen LogP contribution in [0.2, 0.25) is 0 Å². The quantitative estimate of drug-likeness (QED) is 0.543. The number of ether oxygens (including phenoxy) is 1. The number of carbonyl (C=O) groups excluding carboxylic acids is 1. The van der Waals surface area contributed by atoms with E-state index in [0.29, 0.717) is 30.4 Å². The highest BCUT2D eigenvalue weighted by Crippen LogP contribution is 2.34. The number of nitrogen functional groups attached to an aromatic ring is 1. The summed E-state index contributed by atoms with van der Waals surface area (Å²) in [6.07, 6.45) is 5.64. The Hall–Kier alpha value is -3.04. The van der Waals surface area contributed by atoms with Gasteiger partial charge in [0.2, 0.25) is 5.91 Å². The Bertz CT molecular complexity index is 1140. The van der Waals surface area contributed by atoms with Gasteiger partial charge in [-0.05, 0) is 37.9 Å². The van der Waals surface area contributed by atoms with Crippen LogP contribution < -0.4 is 15.4 Å². The van der Waals surface area contributed by atoms with Gasteiger partial charge in [-0.25, -0.2) is 4.98 Å². The van der Waals surface area contributed by atoms with Crippen LogP contribution in [0.25, 0.3) is 10.6 Å². The predicted molar refractivity (Wildman–Crippen MR) is 129 cm³/mol. The summed E-state index contributed by atoms with van der Waals surface area (Å²) in [5.41, 5.74) is 8.86. The zero-order valence-electron chi connectivity index (χ0n) is 18.8. The highest BCUT2D eigenvalue weighted by Gasteiger charge is 2.32. The molecule has 0 radical (unpaired) electrons. The van der Waals surface area contributed by atoms with E-state index in [1.165, 1.54) is 30.8 Å². The molecule has 2 aromatic heterocycles. The summed E-state index contributed by atoms with van der Waals surface area (Å²) in [5.74, 6) is 0.828. The van der Waals surface area contributed by atoms with Crippen LogP contribution in [0, 0.1) is 0 Å². The molecule has 3 aromatic rings. The van der Waals surface area contributed by atoms with Crippen LogP contribution in [0.15, 0.2) is 30.5 Å². The number of likely N-dealkylation sites (tertiary alicyclic amines) is 1. The van der Waals surface area contributed by atoms with Crippen LogP contribution in [0.5, 0.6) is 6.01 Å². The zero-order valence-corrected chi connectivity index (χ0v) is 19.6. The fourth-order valence-corrected chi connectivity index (χ4v) is 5.22. The highest BCUT2D eigenvalue weighted by molar-refractivity contribution is 7.15. The third kappa shape index (κ3) is 4.69. The molecule has 5 rings (SSSR count). The fourth-order valence-electron chi connectivity index (χ4n) is 4.26. The number of anilines is 2. The Morgan fingerprint density at radius 1 is 1.12 bits per heavy atom. The van der Waals surface area contributed by atoms with Gasteiger partial charge in [0.05, 0.1) is 19.6 Å². The van der Waals surface area contributed by atoms with Gasteiger partial charge in [-0.1, -0.05) is 31.2 Å². The molecular formula is C24H28N6O2S. The van der Waals surface area contributed by atoms with Crippen molar-refractivity contribution in [2.45, 2.75) is 45.7 Å². The van der Waals surface area contributed by atoms with Gasteiger partial charge in [0.1, 0.15) is 16.6 Å². The van der Waals surface area contributed by atoms with E-state index in [9.17, 15) is 4.79 Å². The third-order valence-electron chi connectivity index (χ3n) is 5.99. The van der Waals surface area contributed by atoms with Crippen molar-refractivity contribution in [2.75, 3.05) is 30.3 Å². The number of nitrogens with two attached hydrogens (primary N) is 1. The average Bonchev–Trinajstić information content (AvgIpc) is 3.56. The lowest BCUT2D eigenvalue weighted by molar-refractivity contribution is -0.117. The number of rotatable bonds is 8. The van der Waals surface area contributed by atoms with Crippen LogP contribution in [-0.2, 0) is 24.3 Å². The largest absolute Gasteiger partial charge is 0.463 e. The number of benzene rings is 1. The molecule has 9 heteroatoms. The van der Waals surface area contributed by atoms with Gasteiger partial charge < -0.3 is 10.5 Å². The monoisotopic (exact) mass is 464 g/mol. The zero-order chi connectivity index (χ0) is 22.8. The lowest BCUT2D eigenvalue weighted by Crippen LogP contribution is -2.26. The van der Waals surface area contributed by atoms with E-state index in [1.807, 2.05) is 25.3 Å². The smallest absolute Gasteiger partial charge is 0.320 e. The summed E-state index contributed by atoms with van der Waals surface area (Å²) >= 11 is 1.75. The van der Waals surface area contributed by atoms with Crippen molar-refractivity contribution in [3.05, 3.63) is 46.5 Å². The molecule has 0 spiro atoms. The van der Waals surface area contributed by atoms with Gasteiger partial charge in [0.25, 0.3) is 0 Å². The molecule has 1 amide bonds. The number of nitrogens with zero attached hydrogens (tertiary/aromatic N) is 5. The normalized spacial score (nSPS) is 15.9. The van der Waals surface area contributed by atoms with Crippen LogP contribution in [0.1, 0.15) is 42.2 Å². The van der Waals surface area contributed by atoms with Crippen molar-refractivity contribution >= 4 is 28.9 Å². The molecule has 0 aliphatic carbocycles. The van der Waals surface area contributed by atoms with Gasteiger partial charge >= 0.3 is 6.01 Å². The van der Waals surface area contributed by atoms with Crippen molar-refractivity contribution in [2.24, 2.45) is 0 Å². The number of amides is 1. The molecule has 172 valence electrons. The second-order valence-corrected chi connectivity index (χ2v) is 9.63. The maximum atomic E-state index is 12.7. The highest BCUT2D eigenvalue weighted by atomic mass is 32.1. The number of carbonyl (C=O) groups is 1. The Labute approximate surface area is 197 Å². The second-order valence-electron chi connectivity index (χ2n) is 8.51. The first-order chi connectivity index (χ1) is 16.1. The molecule has 2 aliphatic rings. The van der Waals surface area contributed by atoms with Crippen molar-refractivity contribution in [1.82, 2.24) is 19.9 Å². The van der Waals surface area contributed by atoms with E-state index in [-0.39, 0.29) is 18.3 Å². The molecule has 0 bridgehead atoms. The molecule has 8 nitrogen and oxygen atoms in total. The molecule has 2 aliphatic heterocycles. The Balaban J connectivity index is 1.29. The van der Waals surface area contributed by atoms with E-state index >= 15 is 0 Å². The van der Waals surface area contributed by atoms with Gasteiger partial charge in [-0.3, -0.25) is 14.6 Å². The standard InChI is InChI=1S/C24H28N6O2S/c1-2-11-32-24-27-21(25)19-12-20(31)30(22(19)28-24)14-16-5-7-17(8-6-16)23-26-13-18(33-23)15-29-9-3-4-10-29/h5-8,13H,2-4,9-12,14-15H2,1H3,(H2,25,27,28). The minimum absolute atomic E-state index is 0.0332. The van der Waals surface area contributed by atoms with Crippen molar-refractivity contribution in [3.63, 3.8) is 0 Å². The summed E-state index contributed by atoms with van der Waals surface area (Å²) in [7, 11) is 0. The molecule has 0 unspecified atom stereocenters. The number of hydrogen-bond acceptors (Lipinski definition) is 8. The predicted octanol–water partition coefficient (Wildman–Crippen LogP) is 3.66. The lowest BCUT2D eigenvalue weighted by Gasteiger charge is -2.17. The van der Waals surface area contributed by atoms with Gasteiger partial charge in [-0.2, -0.15) is 9.97 Å². The third-order valence-corrected chi connectivity index (χ3v) is 7.02. The maximum Gasteiger partial charge on any atom is 0.320 e. The molecule has 0 atom stereocenters. The molecule has 33 heavy (non-hydrogen) atoms. The van der Waals surface area contributed by atoms with E-state index < -0.39 is 0 Å². The minimum atomic E-state index is -0.0332. The Kier molecular flexibility index (Phi) is 6.24. The Morgan fingerprint density at radius 3 is 2.67 bits per heavy atom. The van der Waals surface area contributed by atoms with Gasteiger partial charge in [0, 0.05) is 28.7 Å². The number of aromatic nitrogens is 3. The first kappa shape index (κ1) is 21.8. The topological polar surface area (TPSA) is 97.5 Å². The molecule has 1 saturated heterocycles. The molecule has 0 saturated carbocycles. The van der Waals surface area contributed by atoms with Crippen LogP contribution in [0.3, 0.4) is 0 Å². The minimum Gasteiger partial charge on any atom is -0.463 e. The van der Waals surface area contributed by atoms with Crippen molar-refractivity contribution in [3.8, 4) is 16.6 Å². The first-order valence-corrected chi connectivity index (χ1v) is 12.3. The van der Waals surface area contributed by atoms with E-state index in [1.54, 1.807) is 16.2 Å². The molecule has 1 fully saturated rings. The van der Waals surface area contributed by atoms with Crippen LogP contribution in [-0.4, -0.2) is 45.5 Å². The first-order valence-electron chi connectivity index (χ1n) is 11.5. The Morgan fingerprint density at radius 2 is 1.91 bits per heavy atom. The summed E-state index contributed by atoms with van der Waals surface area (Å²) in [6.45, 7) is 6.29. The summed E-state index contributed by atoms with van der Waals surface area (Å²) in [4.78, 5) is 31.4. The molecule has 4 heterocycles. The summed E-state index contributed by atoms with van der Waals surface area (Å²) in [5, 5.41) is 1.02. The van der Waals surface area contributed by atoms with Crippen molar-refractivity contribution < 1.29 is 9.53 Å². The van der Waals surface area contributed by atoms with E-state index in [4.69, 9.17) is 10.5 Å². The molecular weight excluding hydrogens is 436 g/mol. The average molecular weight is 465 g/mol.